The number of hydrogen-bond donors (Lipinski definition) is 2. The Labute approximate surface area is 91.7 Å². The van der Waals surface area contributed by atoms with Gasteiger partial charge in [-0.25, -0.2) is 9.89 Å². The van der Waals surface area contributed by atoms with Crippen molar-refractivity contribution in [3.63, 3.8) is 0 Å². The molecule has 0 aromatic carbocycles. The van der Waals surface area contributed by atoms with E-state index in [4.69, 9.17) is 0 Å². The quantitative estimate of drug-likeness (QED) is 0.566. The molecule has 1 aromatic rings. The predicted octanol–water partition coefficient (Wildman–Crippen LogP) is 1.13. The molecule has 0 fully saturated rings. The van der Waals surface area contributed by atoms with E-state index in [1.165, 1.54) is 31.0 Å². The second-order valence-corrected chi connectivity index (χ2v) is 4.30. The second-order valence-electron chi connectivity index (χ2n) is 3.22. The highest BCUT2D eigenvalue weighted by atomic mass is 32.2. The molecule has 0 saturated heterocycles. The third-order valence-corrected chi connectivity index (χ3v) is 2.96. The normalized spacial score (nSPS) is 10.5. The minimum atomic E-state index is -0.560. The Hall–Kier alpha value is -1.04. The number of H-pyrrole nitrogens is 2. The van der Waals surface area contributed by atoms with Crippen molar-refractivity contribution in [3.05, 3.63) is 20.8 Å². The Balaban J connectivity index is 2.38. The maximum absolute atomic E-state index is 11.2. The molecule has 0 spiro atoms. The predicted molar refractivity (Wildman–Crippen MR) is 60.3 cm³/mol. The smallest absolute Gasteiger partial charge is 0.271 e. The van der Waals surface area contributed by atoms with Crippen molar-refractivity contribution in [1.82, 2.24) is 15.2 Å². The van der Waals surface area contributed by atoms with Crippen LogP contribution in [0.1, 0.15) is 32.6 Å². The van der Waals surface area contributed by atoms with E-state index in [-0.39, 0.29) is 0 Å². The fourth-order valence-electron chi connectivity index (χ4n) is 1.13. The lowest BCUT2D eigenvalue weighted by atomic mass is 10.2. The molecule has 0 saturated carbocycles. The van der Waals surface area contributed by atoms with E-state index in [0.717, 1.165) is 12.2 Å². The molecule has 1 aromatic heterocycles. The van der Waals surface area contributed by atoms with E-state index < -0.39 is 11.2 Å². The molecule has 6 heteroatoms. The van der Waals surface area contributed by atoms with Crippen molar-refractivity contribution in [3.8, 4) is 0 Å². The van der Waals surface area contributed by atoms with Gasteiger partial charge in [-0.1, -0.05) is 37.9 Å². The van der Waals surface area contributed by atoms with Crippen LogP contribution in [-0.2, 0) is 0 Å². The first-order valence-electron chi connectivity index (χ1n) is 5.06. The number of aromatic nitrogens is 3. The number of rotatable bonds is 6. The van der Waals surface area contributed by atoms with Crippen molar-refractivity contribution in [1.29, 1.82) is 0 Å². The van der Waals surface area contributed by atoms with E-state index in [1.807, 2.05) is 0 Å². The molecule has 0 aliphatic heterocycles. The minimum absolute atomic E-state index is 0.339. The Morgan fingerprint density at radius 3 is 2.73 bits per heavy atom. The number of nitrogens with one attached hydrogen (secondary N) is 2. The van der Waals surface area contributed by atoms with E-state index >= 15 is 0 Å². The van der Waals surface area contributed by atoms with Gasteiger partial charge in [-0.3, -0.25) is 9.78 Å². The first kappa shape index (κ1) is 12.0. The molecule has 1 heterocycles. The highest BCUT2D eigenvalue weighted by molar-refractivity contribution is 7.99. The van der Waals surface area contributed by atoms with E-state index in [9.17, 15) is 9.59 Å². The van der Waals surface area contributed by atoms with Gasteiger partial charge in [0.25, 0.3) is 5.56 Å². The first-order chi connectivity index (χ1) is 7.24. The summed E-state index contributed by atoms with van der Waals surface area (Å²) in [6.45, 7) is 2.15. The largest absolute Gasteiger partial charge is 0.342 e. The van der Waals surface area contributed by atoms with Crippen LogP contribution < -0.4 is 11.2 Å². The molecule has 15 heavy (non-hydrogen) atoms. The third-order valence-electron chi connectivity index (χ3n) is 1.92. The Morgan fingerprint density at radius 1 is 1.27 bits per heavy atom. The van der Waals surface area contributed by atoms with Crippen LogP contribution in [0.5, 0.6) is 0 Å². The zero-order chi connectivity index (χ0) is 11.1. The zero-order valence-corrected chi connectivity index (χ0v) is 9.52. The van der Waals surface area contributed by atoms with E-state index in [2.05, 4.69) is 22.1 Å². The van der Waals surface area contributed by atoms with E-state index in [1.54, 1.807) is 0 Å². The van der Waals surface area contributed by atoms with Gasteiger partial charge < -0.3 is 0 Å². The van der Waals surface area contributed by atoms with Crippen LogP contribution in [0.2, 0.25) is 0 Å². The minimum Gasteiger partial charge on any atom is -0.271 e. The van der Waals surface area contributed by atoms with Crippen LogP contribution in [0.15, 0.2) is 14.6 Å². The number of nitrogens with zero attached hydrogens (tertiary/aromatic N) is 1. The molecular weight excluding hydrogens is 214 g/mol. The number of unbranched alkanes of at least 4 members (excludes halogenated alkanes) is 3. The highest BCUT2D eigenvalue weighted by Crippen LogP contribution is 2.12. The molecule has 0 atom stereocenters. The Morgan fingerprint density at radius 2 is 2.07 bits per heavy atom. The van der Waals surface area contributed by atoms with Gasteiger partial charge >= 0.3 is 5.69 Å². The van der Waals surface area contributed by atoms with Crippen LogP contribution in [0, 0.1) is 0 Å². The maximum Gasteiger partial charge on any atom is 0.342 e. The molecular formula is C9H15N3O2S. The summed E-state index contributed by atoms with van der Waals surface area (Å²) >= 11 is 1.38. The summed E-state index contributed by atoms with van der Waals surface area (Å²) in [6.07, 6.45) is 4.65. The Kier molecular flexibility index (Phi) is 5.17. The number of hydrogen-bond acceptors (Lipinski definition) is 4. The molecule has 0 radical (unpaired) electrons. The molecule has 0 aliphatic carbocycles. The van der Waals surface area contributed by atoms with Crippen LogP contribution in [-0.4, -0.2) is 20.9 Å². The summed E-state index contributed by atoms with van der Waals surface area (Å²) in [6, 6.07) is 0. The van der Waals surface area contributed by atoms with Gasteiger partial charge in [0.15, 0.2) is 5.03 Å². The van der Waals surface area contributed by atoms with Gasteiger partial charge in [-0.15, -0.1) is 0 Å². The van der Waals surface area contributed by atoms with Crippen LogP contribution in [0.4, 0.5) is 0 Å². The van der Waals surface area contributed by atoms with Gasteiger partial charge in [0.05, 0.1) is 0 Å². The van der Waals surface area contributed by atoms with E-state index in [0.29, 0.717) is 5.03 Å². The fraction of sp³-hybridized carbons (Fsp3) is 0.667. The van der Waals surface area contributed by atoms with Gasteiger partial charge in [0, 0.05) is 0 Å². The lowest BCUT2D eigenvalue weighted by Crippen LogP contribution is -2.25. The molecule has 0 unspecified atom stereocenters. The molecule has 5 nitrogen and oxygen atoms in total. The molecule has 0 aliphatic rings. The second kappa shape index (κ2) is 6.44. The molecule has 0 bridgehead atoms. The summed E-state index contributed by atoms with van der Waals surface area (Å²) in [4.78, 5) is 24.0. The number of thioether (sulfide) groups is 1. The average Bonchev–Trinajstić information content (AvgIpc) is 2.20. The summed E-state index contributed by atoms with van der Waals surface area (Å²) < 4.78 is 0. The maximum atomic E-state index is 11.2. The summed E-state index contributed by atoms with van der Waals surface area (Å²) in [5.41, 5.74) is -0.963. The monoisotopic (exact) mass is 229 g/mol. The van der Waals surface area contributed by atoms with Crippen molar-refractivity contribution in [2.45, 2.75) is 37.6 Å². The fourth-order valence-corrected chi connectivity index (χ4v) is 1.97. The standard InChI is InChI=1S/C9H15N3O2S/c1-2-3-4-5-6-15-8-7(13)10-9(14)12-11-8/h2-6H2,1H3,(H2,10,12,13,14). The SMILES string of the molecule is CCCCCCSc1n[nH]c(=O)[nH]c1=O. The first-order valence-corrected chi connectivity index (χ1v) is 6.04. The van der Waals surface area contributed by atoms with Gasteiger partial charge in [0.1, 0.15) is 0 Å². The Bertz CT molecular complexity index is 399. The summed E-state index contributed by atoms with van der Waals surface area (Å²) in [5, 5.41) is 6.23. The van der Waals surface area contributed by atoms with Crippen LogP contribution in [0.25, 0.3) is 0 Å². The van der Waals surface area contributed by atoms with Crippen molar-refractivity contribution < 1.29 is 0 Å². The average molecular weight is 229 g/mol. The van der Waals surface area contributed by atoms with Gasteiger partial charge in [-0.05, 0) is 12.2 Å². The topological polar surface area (TPSA) is 78.6 Å². The molecule has 0 amide bonds. The van der Waals surface area contributed by atoms with Gasteiger partial charge in [0.2, 0.25) is 0 Å². The number of aromatic amines is 2. The third kappa shape index (κ3) is 4.33. The molecule has 84 valence electrons. The highest BCUT2D eigenvalue weighted by Gasteiger charge is 2.01. The lowest BCUT2D eigenvalue weighted by Gasteiger charge is -1.98. The van der Waals surface area contributed by atoms with Crippen LogP contribution in [0.3, 0.4) is 0 Å². The molecule has 1 rings (SSSR count). The van der Waals surface area contributed by atoms with Crippen molar-refractivity contribution >= 4 is 11.8 Å². The van der Waals surface area contributed by atoms with Crippen molar-refractivity contribution in [2.75, 3.05) is 5.75 Å². The zero-order valence-electron chi connectivity index (χ0n) is 8.71. The summed E-state index contributed by atoms with van der Waals surface area (Å²) in [5.74, 6) is 0.863. The molecule has 2 N–H and O–H groups in total. The summed E-state index contributed by atoms with van der Waals surface area (Å²) in [7, 11) is 0. The van der Waals surface area contributed by atoms with Crippen molar-refractivity contribution in [2.24, 2.45) is 0 Å². The lowest BCUT2D eigenvalue weighted by molar-refractivity contribution is 0.705. The van der Waals surface area contributed by atoms with Gasteiger partial charge in [-0.2, -0.15) is 5.10 Å². The van der Waals surface area contributed by atoms with Crippen LogP contribution >= 0.6 is 11.8 Å².